The van der Waals surface area contributed by atoms with Crippen molar-refractivity contribution in [2.45, 2.75) is 52.4 Å². The third kappa shape index (κ3) is 5.94. The van der Waals surface area contributed by atoms with Gasteiger partial charge in [0.05, 0.1) is 29.5 Å². The van der Waals surface area contributed by atoms with Crippen molar-refractivity contribution >= 4 is 28.4 Å². The van der Waals surface area contributed by atoms with E-state index < -0.39 is 23.9 Å². The van der Waals surface area contributed by atoms with Crippen LogP contribution in [0, 0.1) is 13.8 Å². The Morgan fingerprint density at radius 2 is 1.81 bits per heavy atom. The van der Waals surface area contributed by atoms with E-state index in [1.165, 1.54) is 16.5 Å². The molecular weight excluding hydrogens is 539 g/mol. The number of fused-ring (bicyclic) bond motifs is 1. The summed E-state index contributed by atoms with van der Waals surface area (Å²) in [6, 6.07) is 4.22. The molecule has 1 saturated heterocycles. The molecule has 0 spiro atoms. The van der Waals surface area contributed by atoms with Gasteiger partial charge in [0.25, 0.3) is 0 Å². The number of rotatable bonds is 9. The zero-order valence-electron chi connectivity index (χ0n) is 24.3. The third-order valence-corrected chi connectivity index (χ3v) is 7.39. The number of halogens is 1. The molecule has 0 aromatic carbocycles. The van der Waals surface area contributed by atoms with Gasteiger partial charge in [-0.05, 0) is 52.1 Å². The second kappa shape index (κ2) is 11.8. The monoisotopic (exact) mass is 572 g/mol. The van der Waals surface area contributed by atoms with Crippen LogP contribution in [0.4, 0.5) is 4.39 Å². The summed E-state index contributed by atoms with van der Waals surface area (Å²) in [6.45, 7) is 5.30. The first kappa shape index (κ1) is 29.1. The maximum Gasteiger partial charge on any atom is 0.245 e. The molecule has 0 bridgehead atoms. The number of amides is 1. The minimum Gasteiger partial charge on any atom is -0.328 e. The number of hydrogen-bond donors (Lipinski definition) is 0. The highest BCUT2D eigenvalue weighted by atomic mass is 19.1. The van der Waals surface area contributed by atoms with Crippen molar-refractivity contribution < 1.29 is 18.8 Å². The van der Waals surface area contributed by atoms with E-state index in [4.69, 9.17) is 0 Å². The molecule has 5 rings (SSSR count). The van der Waals surface area contributed by atoms with E-state index >= 15 is 0 Å². The molecule has 1 aliphatic rings. The highest BCUT2D eigenvalue weighted by Crippen LogP contribution is 2.29. The predicted molar refractivity (Wildman–Crippen MR) is 154 cm³/mol. The van der Waals surface area contributed by atoms with Gasteiger partial charge in [0, 0.05) is 49.4 Å². The largest absolute Gasteiger partial charge is 0.328 e. The van der Waals surface area contributed by atoms with Gasteiger partial charge in [-0.2, -0.15) is 5.10 Å². The Kier molecular flexibility index (Phi) is 8.17. The molecule has 1 fully saturated rings. The smallest absolute Gasteiger partial charge is 0.245 e. The molecule has 218 valence electrons. The minimum absolute atomic E-state index is 0.101. The summed E-state index contributed by atoms with van der Waals surface area (Å²) in [4.78, 5) is 60.2. The van der Waals surface area contributed by atoms with E-state index in [2.05, 4.69) is 29.9 Å². The van der Waals surface area contributed by atoms with Crippen LogP contribution < -0.4 is 0 Å². The Morgan fingerprint density at radius 1 is 1.07 bits per heavy atom. The van der Waals surface area contributed by atoms with Crippen LogP contribution in [0.3, 0.4) is 0 Å². The van der Waals surface area contributed by atoms with Crippen LogP contribution >= 0.6 is 0 Å². The molecule has 4 aromatic rings. The maximum atomic E-state index is 14.6. The topological polar surface area (TPSA) is 127 Å². The van der Waals surface area contributed by atoms with E-state index in [9.17, 15) is 18.8 Å². The van der Waals surface area contributed by atoms with E-state index in [0.29, 0.717) is 33.7 Å². The lowest BCUT2D eigenvalue weighted by Crippen LogP contribution is -2.42. The molecule has 4 aromatic heterocycles. The van der Waals surface area contributed by atoms with Crippen LogP contribution in [0.2, 0.25) is 0 Å². The number of likely N-dealkylation sites (tertiary alicyclic amines) is 1. The second-order valence-electron chi connectivity index (χ2n) is 10.9. The molecule has 42 heavy (non-hydrogen) atoms. The second-order valence-corrected chi connectivity index (χ2v) is 10.9. The van der Waals surface area contributed by atoms with Crippen molar-refractivity contribution in [1.82, 2.24) is 39.5 Å². The fourth-order valence-corrected chi connectivity index (χ4v) is 5.21. The van der Waals surface area contributed by atoms with Crippen molar-refractivity contribution in [2.75, 3.05) is 27.2 Å². The summed E-state index contributed by atoms with van der Waals surface area (Å²) in [7, 11) is 3.96. The van der Waals surface area contributed by atoms with Crippen molar-refractivity contribution in [2.24, 2.45) is 0 Å². The van der Waals surface area contributed by atoms with Gasteiger partial charge in [-0.15, -0.1) is 0 Å². The number of carbonyl (C=O) groups excluding carboxylic acids is 3. The highest BCUT2D eigenvalue weighted by molar-refractivity contribution is 6.06. The number of aryl methyl sites for hydroxylation is 2. The molecule has 1 amide bonds. The summed E-state index contributed by atoms with van der Waals surface area (Å²) in [5.41, 5.74) is 3.67. The van der Waals surface area contributed by atoms with E-state index in [-0.39, 0.29) is 36.7 Å². The van der Waals surface area contributed by atoms with Crippen LogP contribution in [0.1, 0.15) is 51.4 Å². The predicted octanol–water partition coefficient (Wildman–Crippen LogP) is 3.03. The molecule has 0 radical (unpaired) electrons. The van der Waals surface area contributed by atoms with Crippen molar-refractivity contribution in [3.63, 3.8) is 0 Å². The molecule has 5 heterocycles. The number of ketones is 2. The van der Waals surface area contributed by atoms with Crippen LogP contribution in [0.15, 0.2) is 36.8 Å². The Bertz CT molecular complexity index is 1650. The van der Waals surface area contributed by atoms with E-state index in [1.807, 2.05) is 20.2 Å². The molecule has 0 N–H and O–H groups in total. The number of likely N-dealkylation sites (N-methyl/N-ethyl adjacent to an activating group) is 1. The average molecular weight is 573 g/mol. The fourth-order valence-electron chi connectivity index (χ4n) is 5.21. The first-order chi connectivity index (χ1) is 20.0. The van der Waals surface area contributed by atoms with Gasteiger partial charge < -0.3 is 9.80 Å². The number of hydrogen-bond acceptors (Lipinski definition) is 9. The average Bonchev–Trinajstić information content (AvgIpc) is 3.53. The molecule has 11 nitrogen and oxygen atoms in total. The molecule has 12 heteroatoms. The van der Waals surface area contributed by atoms with Crippen molar-refractivity contribution in [1.29, 1.82) is 0 Å². The minimum atomic E-state index is -1.34. The van der Waals surface area contributed by atoms with Crippen LogP contribution in [-0.2, 0) is 17.8 Å². The SMILES string of the molecule is CC(=O)c1nn(CC(=O)N2C[C@H](F)C[C@H]2C(=O)c2ccc(CCN(C)C)cn2)c2c(C)nc(-c3cnc(C)nc3)cc12. The number of alkyl halides is 1. The summed E-state index contributed by atoms with van der Waals surface area (Å²) >= 11 is 0. The summed E-state index contributed by atoms with van der Waals surface area (Å²) in [6.07, 6.45) is 4.30. The Labute approximate surface area is 242 Å². The number of carbonyl (C=O) groups is 3. The molecule has 0 aliphatic carbocycles. The Morgan fingerprint density at radius 3 is 2.45 bits per heavy atom. The Balaban J connectivity index is 1.41. The maximum absolute atomic E-state index is 14.6. The lowest BCUT2D eigenvalue weighted by Gasteiger charge is -2.23. The summed E-state index contributed by atoms with van der Waals surface area (Å²) in [5.74, 6) is -0.540. The first-order valence-corrected chi connectivity index (χ1v) is 13.8. The van der Waals surface area contributed by atoms with Gasteiger partial charge in [-0.3, -0.25) is 29.0 Å². The lowest BCUT2D eigenvalue weighted by atomic mass is 10.0. The van der Waals surface area contributed by atoms with Gasteiger partial charge in [-0.1, -0.05) is 6.07 Å². The summed E-state index contributed by atoms with van der Waals surface area (Å²) < 4.78 is 16.1. The van der Waals surface area contributed by atoms with Crippen molar-refractivity contribution in [3.05, 3.63) is 65.3 Å². The molecule has 2 atom stereocenters. The molecule has 0 unspecified atom stereocenters. The quantitative estimate of drug-likeness (QED) is 0.278. The van der Waals surface area contributed by atoms with Gasteiger partial charge in [0.1, 0.15) is 29.9 Å². The van der Waals surface area contributed by atoms with Crippen LogP contribution in [-0.4, -0.2) is 96.4 Å². The molecule has 0 saturated carbocycles. The standard InChI is InChI=1S/C30H33FN8O3/c1-17-29-23(11-25(35-17)21-13-32-19(3)33-14-21)28(18(2)40)36-39(29)16-27(41)38-15-22(31)10-26(38)30(42)24-7-6-20(12-34-24)8-9-37(4)5/h6-7,11-14,22,26H,8-10,15-16H2,1-5H3/t22-,26+/m1/s1. The third-order valence-electron chi connectivity index (χ3n) is 7.39. The van der Waals surface area contributed by atoms with Gasteiger partial charge in [-0.25, -0.2) is 14.4 Å². The van der Waals surface area contributed by atoms with Crippen molar-refractivity contribution in [3.8, 4) is 11.3 Å². The lowest BCUT2D eigenvalue weighted by molar-refractivity contribution is -0.132. The van der Waals surface area contributed by atoms with Gasteiger partial charge in [0.2, 0.25) is 11.7 Å². The molecule has 1 aliphatic heterocycles. The molecular formula is C30H33FN8O3. The number of nitrogens with zero attached hydrogens (tertiary/aromatic N) is 8. The fraction of sp³-hybridized carbons (Fsp3) is 0.400. The summed E-state index contributed by atoms with van der Waals surface area (Å²) in [5, 5.41) is 4.99. The zero-order chi connectivity index (χ0) is 30.1. The van der Waals surface area contributed by atoms with E-state index in [1.54, 1.807) is 44.6 Å². The number of pyridine rings is 2. The van der Waals surface area contributed by atoms with Crippen LogP contribution in [0.25, 0.3) is 22.2 Å². The number of Topliss-reactive ketones (excluding diaryl/α,β-unsaturated/α-hetero) is 2. The zero-order valence-corrected chi connectivity index (χ0v) is 24.3. The first-order valence-electron chi connectivity index (χ1n) is 13.8. The highest BCUT2D eigenvalue weighted by Gasteiger charge is 2.40. The van der Waals surface area contributed by atoms with Gasteiger partial charge >= 0.3 is 0 Å². The normalized spacial score (nSPS) is 16.9. The number of aromatic nitrogens is 6. The van der Waals surface area contributed by atoms with E-state index in [0.717, 1.165) is 18.5 Å². The Hall–Kier alpha value is -4.45. The van der Waals surface area contributed by atoms with Gasteiger partial charge in [0.15, 0.2) is 5.78 Å². The van der Waals surface area contributed by atoms with Crippen LogP contribution in [0.5, 0.6) is 0 Å².